The number of nitrogens with zero attached hydrogens (tertiary/aromatic N) is 8. The monoisotopic (exact) mass is 931 g/mol. The zero-order chi connectivity index (χ0) is 48.7. The molecule has 4 aromatic heterocycles. The number of carboxylic acid groups (broad SMARTS) is 2. The molecule has 67 heavy (non-hydrogen) atoms. The van der Waals surface area contributed by atoms with Gasteiger partial charge in [0.25, 0.3) is 5.91 Å². The van der Waals surface area contributed by atoms with E-state index in [1.807, 2.05) is 0 Å². The molecule has 6 rings (SSSR count). The summed E-state index contributed by atoms with van der Waals surface area (Å²) < 4.78 is 23.1. The number of rotatable bonds is 20. The van der Waals surface area contributed by atoms with Crippen molar-refractivity contribution in [2.45, 2.75) is 70.3 Å². The zero-order valence-electron chi connectivity index (χ0n) is 36.7. The van der Waals surface area contributed by atoms with E-state index in [2.05, 4.69) is 57.0 Å². The van der Waals surface area contributed by atoms with Crippen LogP contribution in [-0.2, 0) is 31.2 Å². The number of amides is 1. The number of terminal acetylenes is 2. The number of hydrogen-bond donors (Lipinski definition) is 7. The van der Waals surface area contributed by atoms with E-state index in [0.29, 0.717) is 59.4 Å². The van der Waals surface area contributed by atoms with Crippen LogP contribution in [0.1, 0.15) is 94.6 Å². The van der Waals surface area contributed by atoms with E-state index in [1.54, 1.807) is 74.8 Å². The zero-order valence-corrected chi connectivity index (χ0v) is 37.6. The van der Waals surface area contributed by atoms with Crippen LogP contribution in [0.3, 0.4) is 0 Å². The van der Waals surface area contributed by atoms with Crippen molar-refractivity contribution in [3.63, 3.8) is 0 Å². The van der Waals surface area contributed by atoms with Gasteiger partial charge in [-0.05, 0) is 74.9 Å². The van der Waals surface area contributed by atoms with Crippen molar-refractivity contribution < 1.29 is 38.2 Å². The summed E-state index contributed by atoms with van der Waals surface area (Å²) in [5.41, 5.74) is 27.9. The van der Waals surface area contributed by atoms with Gasteiger partial charge in [0, 0.05) is 30.2 Å². The van der Waals surface area contributed by atoms with E-state index in [9.17, 15) is 24.1 Å². The van der Waals surface area contributed by atoms with Crippen LogP contribution in [0.15, 0.2) is 60.9 Å². The third-order valence-electron chi connectivity index (χ3n) is 10.1. The molecule has 348 valence electrons. The molecule has 6 aromatic rings. The topological polar surface area (TPSA) is 346 Å². The summed E-state index contributed by atoms with van der Waals surface area (Å²) in [4.78, 5) is 69.0. The lowest BCUT2D eigenvalue weighted by molar-refractivity contribution is -0.139. The van der Waals surface area contributed by atoms with Gasteiger partial charge in [-0.2, -0.15) is 19.9 Å². The molecule has 1 amide bonds. The molecule has 3 unspecified atom stereocenters. The van der Waals surface area contributed by atoms with Crippen LogP contribution in [0.2, 0.25) is 0 Å². The van der Waals surface area contributed by atoms with Gasteiger partial charge in [0.2, 0.25) is 11.9 Å². The molecule has 21 nitrogen and oxygen atoms in total. The lowest BCUT2D eigenvalue weighted by Crippen LogP contribution is -2.40. The number of carboxylic acids is 2. The number of fused-ring (bicyclic) bond motifs is 2. The summed E-state index contributed by atoms with van der Waals surface area (Å²) in [5.74, 6) is 2.77. The number of carbonyl (C=O) groups is 3. The molecule has 0 fully saturated rings. The lowest BCUT2D eigenvalue weighted by Gasteiger charge is -2.19. The van der Waals surface area contributed by atoms with Crippen molar-refractivity contribution >= 4 is 71.3 Å². The summed E-state index contributed by atoms with van der Waals surface area (Å²) in [7, 11) is -3.31. The van der Waals surface area contributed by atoms with Crippen molar-refractivity contribution in [2.75, 3.05) is 42.3 Å². The Morgan fingerprint density at radius 1 is 0.701 bits per heavy atom. The van der Waals surface area contributed by atoms with Gasteiger partial charge in [0.1, 0.15) is 6.04 Å². The molecule has 22 heteroatoms. The first kappa shape index (κ1) is 50.2. The number of nitrogens with two attached hydrogens (primary N) is 4. The van der Waals surface area contributed by atoms with Gasteiger partial charge in [0.05, 0.1) is 48.7 Å². The van der Waals surface area contributed by atoms with Crippen LogP contribution in [0.4, 0.5) is 23.5 Å². The van der Waals surface area contributed by atoms with Crippen LogP contribution in [-0.4, -0.2) is 93.3 Å². The predicted molar refractivity (Wildman–Crippen MR) is 251 cm³/mol. The van der Waals surface area contributed by atoms with Gasteiger partial charge in [-0.3, -0.25) is 9.36 Å². The smallest absolute Gasteiger partial charge is 0.335 e. The summed E-state index contributed by atoms with van der Waals surface area (Å²) >= 11 is 0. The van der Waals surface area contributed by atoms with Crippen molar-refractivity contribution in [1.82, 2.24) is 45.2 Å². The molecule has 0 aliphatic carbocycles. The van der Waals surface area contributed by atoms with Gasteiger partial charge < -0.3 is 47.5 Å². The third-order valence-corrected chi connectivity index (χ3v) is 12.3. The number of benzene rings is 2. The first-order valence-corrected chi connectivity index (χ1v) is 22.6. The Balaban J connectivity index is 0.000000277. The average Bonchev–Trinajstić information content (AvgIpc) is 3.29. The molecule has 0 saturated carbocycles. The fourth-order valence-corrected chi connectivity index (χ4v) is 8.61. The van der Waals surface area contributed by atoms with E-state index >= 15 is 0 Å². The van der Waals surface area contributed by atoms with Crippen LogP contribution in [0.25, 0.3) is 22.3 Å². The fraction of sp³-hybridized carbons (Fsp3) is 0.311. The Bertz CT molecular complexity index is 2850. The fourth-order valence-electron chi connectivity index (χ4n) is 6.92. The second kappa shape index (κ2) is 23.4. The number of anilines is 4. The molecule has 0 radical (unpaired) electrons. The van der Waals surface area contributed by atoms with Crippen LogP contribution in [0.5, 0.6) is 0 Å². The number of nitrogen functional groups attached to an aromatic ring is 4. The highest BCUT2D eigenvalue weighted by molar-refractivity contribution is 7.53. The Morgan fingerprint density at radius 3 is 1.55 bits per heavy atom. The molecule has 0 aliphatic heterocycles. The molecular weight excluding hydrogens is 882 g/mol. The van der Waals surface area contributed by atoms with Crippen LogP contribution in [0, 0.1) is 24.7 Å². The number of aliphatic carboxylic acids is 1. The number of aromatic carboxylic acids is 1. The highest BCUT2D eigenvalue weighted by Gasteiger charge is 2.27. The van der Waals surface area contributed by atoms with Gasteiger partial charge >= 0.3 is 19.5 Å². The minimum absolute atomic E-state index is 0.00928. The highest BCUT2D eigenvalue weighted by Crippen LogP contribution is 2.48. The number of carbonyl (C=O) groups excluding carboxylic acids is 1. The second-order valence-corrected chi connectivity index (χ2v) is 17.0. The van der Waals surface area contributed by atoms with Gasteiger partial charge in [-0.15, -0.1) is 24.7 Å². The molecule has 0 spiro atoms. The number of hydrogen-bond acceptors (Lipinski definition) is 18. The lowest BCUT2D eigenvalue weighted by atomic mass is 9.91. The number of aromatic nitrogens is 8. The van der Waals surface area contributed by atoms with Crippen molar-refractivity contribution in [1.29, 1.82) is 0 Å². The number of nitrogens with one attached hydrogen (secondary N) is 1. The summed E-state index contributed by atoms with van der Waals surface area (Å²) in [6, 6.07) is 12.2. The van der Waals surface area contributed by atoms with Crippen molar-refractivity contribution in [2.24, 2.45) is 0 Å². The van der Waals surface area contributed by atoms with E-state index in [1.165, 1.54) is 0 Å². The van der Waals surface area contributed by atoms with Crippen LogP contribution < -0.4 is 28.3 Å². The SMILES string of the molecule is C#CCC(Cc1cnc2nc(N)nc(N)c2n1)c1ccc(C(=O)NC(CCCP(=O)(OCC)OCC)C(=O)O)cc1.C#CCC(Cc1cnc2nc(N)nc(N)c2n1)c1ccc(C(=O)O)cc1. The van der Waals surface area contributed by atoms with Gasteiger partial charge in [-0.25, -0.2) is 29.5 Å². The summed E-state index contributed by atoms with van der Waals surface area (Å²) in [6.45, 7) is 3.82. The summed E-state index contributed by atoms with van der Waals surface area (Å²) in [5, 5.41) is 21.2. The first-order chi connectivity index (χ1) is 32.1. The molecule has 0 aliphatic rings. The molecule has 2 aromatic carbocycles. The Labute approximate surface area is 385 Å². The van der Waals surface area contributed by atoms with Crippen LogP contribution >= 0.6 is 7.60 Å². The highest BCUT2D eigenvalue weighted by atomic mass is 31.2. The maximum absolute atomic E-state index is 12.8. The second-order valence-electron chi connectivity index (χ2n) is 14.8. The minimum atomic E-state index is -3.31. The van der Waals surface area contributed by atoms with E-state index < -0.39 is 31.5 Å². The molecule has 4 heterocycles. The normalized spacial score (nSPS) is 12.5. The molecule has 11 N–H and O–H groups in total. The predicted octanol–water partition coefficient (Wildman–Crippen LogP) is 4.80. The largest absolute Gasteiger partial charge is 0.480 e. The minimum Gasteiger partial charge on any atom is -0.480 e. The van der Waals surface area contributed by atoms with Crippen molar-refractivity contribution in [3.05, 3.63) is 94.6 Å². The Morgan fingerprint density at radius 2 is 1.15 bits per heavy atom. The van der Waals surface area contributed by atoms with Gasteiger partial charge in [0.15, 0.2) is 34.0 Å². The van der Waals surface area contributed by atoms with E-state index in [-0.39, 0.29) is 78.7 Å². The summed E-state index contributed by atoms with van der Waals surface area (Å²) in [6.07, 6.45) is 16.5. The van der Waals surface area contributed by atoms with E-state index in [0.717, 1.165) is 11.1 Å². The quantitative estimate of drug-likeness (QED) is 0.0399. The molecule has 3 atom stereocenters. The first-order valence-electron chi connectivity index (χ1n) is 20.9. The van der Waals surface area contributed by atoms with Gasteiger partial charge in [-0.1, -0.05) is 24.3 Å². The third kappa shape index (κ3) is 13.8. The Hall–Kier alpha value is -7.84. The molecular formula is C45H50N13O8P. The van der Waals surface area contributed by atoms with E-state index in [4.69, 9.17) is 49.9 Å². The van der Waals surface area contributed by atoms with Crippen molar-refractivity contribution in [3.8, 4) is 24.7 Å². The maximum Gasteiger partial charge on any atom is 0.335 e. The molecule has 0 saturated heterocycles. The standard InChI is InChI=1S/C27H34N7O6P.C18H16N6O2/c1-4-8-19(15-20-16-30-24-22(31-20)23(28)33-27(29)34-24)17-10-12-18(13-11-17)25(35)32-21(26(36)37)9-7-14-41(38,39-5-2)40-6-3;1-2-3-12(10-4-6-11(7-5-10)17(25)26)8-13-9-21-16-14(22-13)15(19)23-18(20)24-16/h1,10-13,16,19,21H,5-9,14-15H2,2-3H3,(H,32,35)(H,36,37)(H4,28,29,30,33,34);1,4-7,9,12H,3,8H2,(H,25,26)(H4,19,20,21,23,24). The maximum atomic E-state index is 12.8. The molecule has 0 bridgehead atoms. The average molecular weight is 932 g/mol. The Kier molecular flexibility index (Phi) is 17.5.